The molecule has 1 aliphatic heterocycles. The third-order valence-electron chi connectivity index (χ3n) is 7.17. The number of rotatable bonds is 10. The molecular formula is C33H41N3O3. The number of nitrogens with zero attached hydrogens (tertiary/aromatic N) is 2. The molecule has 0 aromatic heterocycles. The van der Waals surface area contributed by atoms with Crippen LogP contribution in [0.5, 0.6) is 0 Å². The summed E-state index contributed by atoms with van der Waals surface area (Å²) < 4.78 is 0. The molecule has 39 heavy (non-hydrogen) atoms. The standard InChI is InChI=1S/C33H41N3O3/c1-33(2,3)34-31(38)28-20-13-21-36(28)32(39)30(37)29(22-25-14-7-4-8-15-25)35(23-26-16-9-5-10-17-26)24-27-18-11-6-12-19-27/h4-12,14-19,28-30,37H,13,20-24H2,1-3H3,(H,34,38)/t28-,29-,30-/m0/s1. The summed E-state index contributed by atoms with van der Waals surface area (Å²) in [6, 6.07) is 29.2. The minimum absolute atomic E-state index is 0.161. The van der Waals surface area contributed by atoms with Gasteiger partial charge in [0.05, 0.1) is 0 Å². The maximum Gasteiger partial charge on any atom is 0.253 e. The summed E-state index contributed by atoms with van der Waals surface area (Å²) in [5.74, 6) is -0.542. The summed E-state index contributed by atoms with van der Waals surface area (Å²) >= 11 is 0. The lowest BCUT2D eigenvalue weighted by molar-refractivity contribution is -0.149. The first-order chi connectivity index (χ1) is 18.7. The van der Waals surface area contributed by atoms with Gasteiger partial charge in [0.15, 0.2) is 0 Å². The number of benzene rings is 3. The quantitative estimate of drug-likeness (QED) is 0.405. The first-order valence-corrected chi connectivity index (χ1v) is 13.9. The van der Waals surface area contributed by atoms with E-state index >= 15 is 0 Å². The Labute approximate surface area is 232 Å². The van der Waals surface area contributed by atoms with Gasteiger partial charge in [-0.1, -0.05) is 91.0 Å². The van der Waals surface area contributed by atoms with Crippen LogP contribution in [0.1, 0.15) is 50.3 Å². The number of amides is 2. The second-order valence-corrected chi connectivity index (χ2v) is 11.5. The molecule has 3 aromatic rings. The minimum atomic E-state index is -1.29. The van der Waals surface area contributed by atoms with Crippen LogP contribution >= 0.6 is 0 Å². The first-order valence-electron chi connectivity index (χ1n) is 13.9. The van der Waals surface area contributed by atoms with Crippen LogP contribution in [0.3, 0.4) is 0 Å². The van der Waals surface area contributed by atoms with Crippen molar-refractivity contribution in [1.29, 1.82) is 0 Å². The lowest BCUT2D eigenvalue weighted by Gasteiger charge is -2.37. The number of carbonyl (C=O) groups excluding carboxylic acids is 2. The fraction of sp³-hybridized carbons (Fsp3) is 0.394. The number of hydrogen-bond acceptors (Lipinski definition) is 4. The van der Waals surface area contributed by atoms with Gasteiger partial charge in [0.1, 0.15) is 12.1 Å². The molecule has 1 heterocycles. The maximum atomic E-state index is 13.9. The van der Waals surface area contributed by atoms with Crippen LogP contribution in [-0.2, 0) is 29.1 Å². The van der Waals surface area contributed by atoms with Crippen molar-refractivity contribution in [1.82, 2.24) is 15.1 Å². The normalized spacial score (nSPS) is 17.2. The number of aliphatic hydroxyl groups excluding tert-OH is 1. The average molecular weight is 528 g/mol. The van der Waals surface area contributed by atoms with Crippen molar-refractivity contribution >= 4 is 11.8 Å². The van der Waals surface area contributed by atoms with Crippen LogP contribution in [0.15, 0.2) is 91.0 Å². The summed E-state index contributed by atoms with van der Waals surface area (Å²) in [4.78, 5) is 30.8. The van der Waals surface area contributed by atoms with E-state index in [-0.39, 0.29) is 11.8 Å². The number of carbonyl (C=O) groups is 2. The van der Waals surface area contributed by atoms with Crippen molar-refractivity contribution in [2.45, 2.75) is 76.8 Å². The smallest absolute Gasteiger partial charge is 0.253 e. The zero-order valence-electron chi connectivity index (χ0n) is 23.3. The van der Waals surface area contributed by atoms with Crippen LogP contribution in [0.25, 0.3) is 0 Å². The van der Waals surface area contributed by atoms with E-state index in [4.69, 9.17) is 0 Å². The second kappa shape index (κ2) is 13.0. The van der Waals surface area contributed by atoms with Gasteiger partial charge in [0.2, 0.25) is 5.91 Å². The lowest BCUT2D eigenvalue weighted by Crippen LogP contribution is -2.57. The molecule has 3 aromatic carbocycles. The average Bonchev–Trinajstić information content (AvgIpc) is 3.42. The highest BCUT2D eigenvalue weighted by Crippen LogP contribution is 2.25. The molecule has 206 valence electrons. The fourth-order valence-corrected chi connectivity index (χ4v) is 5.31. The molecule has 0 spiro atoms. The van der Waals surface area contributed by atoms with E-state index in [1.165, 1.54) is 0 Å². The molecule has 6 heteroatoms. The number of hydrogen-bond donors (Lipinski definition) is 2. The second-order valence-electron chi connectivity index (χ2n) is 11.5. The van der Waals surface area contributed by atoms with E-state index in [1.807, 2.05) is 87.5 Å². The largest absolute Gasteiger partial charge is 0.382 e. The fourth-order valence-electron chi connectivity index (χ4n) is 5.31. The molecule has 3 atom stereocenters. The Morgan fingerprint density at radius 1 is 0.872 bits per heavy atom. The Bertz CT molecular complexity index is 1150. The topological polar surface area (TPSA) is 72.9 Å². The molecule has 0 radical (unpaired) electrons. The third-order valence-corrected chi connectivity index (χ3v) is 7.17. The Balaban J connectivity index is 1.65. The van der Waals surface area contributed by atoms with Gasteiger partial charge < -0.3 is 15.3 Å². The molecule has 6 nitrogen and oxygen atoms in total. The van der Waals surface area contributed by atoms with Crippen molar-refractivity contribution in [3.8, 4) is 0 Å². The first kappa shape index (κ1) is 28.5. The molecule has 2 N–H and O–H groups in total. The molecule has 1 fully saturated rings. The van der Waals surface area contributed by atoms with Crippen molar-refractivity contribution in [2.75, 3.05) is 6.54 Å². The number of nitrogens with one attached hydrogen (secondary N) is 1. The van der Waals surface area contributed by atoms with E-state index in [9.17, 15) is 14.7 Å². The van der Waals surface area contributed by atoms with Crippen LogP contribution in [0, 0.1) is 0 Å². The van der Waals surface area contributed by atoms with Gasteiger partial charge in [-0.05, 0) is 56.7 Å². The molecule has 4 rings (SSSR count). The summed E-state index contributed by atoms with van der Waals surface area (Å²) in [7, 11) is 0. The van der Waals surface area contributed by atoms with Crippen LogP contribution in [-0.4, -0.2) is 57.0 Å². The maximum absolute atomic E-state index is 13.9. The zero-order chi connectivity index (χ0) is 27.8. The SMILES string of the molecule is CC(C)(C)NC(=O)[C@@H]1CCCN1C(=O)[C@@H](O)[C@H](Cc1ccccc1)N(Cc1ccccc1)Cc1ccccc1. The molecule has 0 unspecified atom stereocenters. The van der Waals surface area contributed by atoms with E-state index < -0.39 is 23.7 Å². The van der Waals surface area contributed by atoms with Crippen LogP contribution < -0.4 is 5.32 Å². The predicted molar refractivity (Wildman–Crippen MR) is 155 cm³/mol. The van der Waals surface area contributed by atoms with E-state index in [2.05, 4.69) is 34.5 Å². The third kappa shape index (κ3) is 8.01. The Kier molecular flexibility index (Phi) is 9.54. The Hall–Kier alpha value is -3.48. The highest BCUT2D eigenvalue weighted by Gasteiger charge is 2.41. The number of likely N-dealkylation sites (tertiary alicyclic amines) is 1. The lowest BCUT2D eigenvalue weighted by atomic mass is 9.96. The van der Waals surface area contributed by atoms with Gasteiger partial charge in [-0.25, -0.2) is 0 Å². The van der Waals surface area contributed by atoms with Crippen molar-refractivity contribution < 1.29 is 14.7 Å². The Morgan fingerprint density at radius 2 is 1.36 bits per heavy atom. The highest BCUT2D eigenvalue weighted by molar-refractivity contribution is 5.90. The van der Waals surface area contributed by atoms with E-state index in [0.717, 1.165) is 23.1 Å². The zero-order valence-corrected chi connectivity index (χ0v) is 23.3. The molecule has 1 saturated heterocycles. The van der Waals surface area contributed by atoms with E-state index in [0.29, 0.717) is 32.5 Å². The highest BCUT2D eigenvalue weighted by atomic mass is 16.3. The molecule has 2 amide bonds. The molecule has 1 aliphatic rings. The molecule has 0 aliphatic carbocycles. The van der Waals surface area contributed by atoms with Crippen molar-refractivity contribution in [3.05, 3.63) is 108 Å². The van der Waals surface area contributed by atoms with Crippen LogP contribution in [0.2, 0.25) is 0 Å². The minimum Gasteiger partial charge on any atom is -0.382 e. The summed E-state index contributed by atoms with van der Waals surface area (Å²) in [6.07, 6.45) is 0.546. The Morgan fingerprint density at radius 3 is 1.85 bits per heavy atom. The van der Waals surface area contributed by atoms with Gasteiger partial charge in [-0.2, -0.15) is 0 Å². The summed E-state index contributed by atoms with van der Waals surface area (Å²) in [6.45, 7) is 7.41. The van der Waals surface area contributed by atoms with Gasteiger partial charge in [-0.15, -0.1) is 0 Å². The molecular weight excluding hydrogens is 486 g/mol. The number of aliphatic hydroxyl groups is 1. The molecule has 0 saturated carbocycles. The van der Waals surface area contributed by atoms with Gasteiger partial charge in [0, 0.05) is 31.2 Å². The monoisotopic (exact) mass is 527 g/mol. The predicted octanol–water partition coefficient (Wildman–Crippen LogP) is 4.57. The van der Waals surface area contributed by atoms with Crippen molar-refractivity contribution in [3.63, 3.8) is 0 Å². The van der Waals surface area contributed by atoms with E-state index in [1.54, 1.807) is 4.90 Å². The van der Waals surface area contributed by atoms with Crippen molar-refractivity contribution in [2.24, 2.45) is 0 Å². The summed E-state index contributed by atoms with van der Waals surface area (Å²) in [5.41, 5.74) is 2.86. The molecule has 0 bridgehead atoms. The van der Waals surface area contributed by atoms with Gasteiger partial charge in [-0.3, -0.25) is 14.5 Å². The van der Waals surface area contributed by atoms with Gasteiger partial charge >= 0.3 is 0 Å². The summed E-state index contributed by atoms with van der Waals surface area (Å²) in [5, 5.41) is 14.8. The van der Waals surface area contributed by atoms with Gasteiger partial charge in [0.25, 0.3) is 5.91 Å². The van der Waals surface area contributed by atoms with Crippen LogP contribution in [0.4, 0.5) is 0 Å².